The van der Waals surface area contributed by atoms with Crippen LogP contribution in [0.5, 0.6) is 11.5 Å². The number of hydrogen-bond acceptors (Lipinski definition) is 7. The van der Waals surface area contributed by atoms with Crippen LogP contribution < -0.4 is 20.1 Å². The zero-order chi connectivity index (χ0) is 20.7. The maximum Gasteiger partial charge on any atom is 0.162 e. The lowest BCUT2D eigenvalue weighted by Gasteiger charge is -2.49. The Bertz CT molecular complexity index is 1150. The first kappa shape index (κ1) is 18.9. The number of anilines is 2. The molecule has 2 N–H and O–H groups in total. The first-order chi connectivity index (χ1) is 14.7. The van der Waals surface area contributed by atoms with Crippen LogP contribution in [0.4, 0.5) is 11.5 Å². The maximum atomic E-state index is 9.07. The number of fused-ring (bicyclic) bond motifs is 3. The minimum Gasteiger partial charge on any atom is -0.493 e. The van der Waals surface area contributed by atoms with Crippen LogP contribution >= 0.6 is 11.6 Å². The van der Waals surface area contributed by atoms with Crippen molar-refractivity contribution in [2.75, 3.05) is 25.5 Å². The van der Waals surface area contributed by atoms with Crippen LogP contribution in [0.25, 0.3) is 10.9 Å². The molecule has 1 aliphatic heterocycles. The molecule has 8 heteroatoms. The Morgan fingerprint density at radius 1 is 1.17 bits per heavy atom. The van der Waals surface area contributed by atoms with Gasteiger partial charge >= 0.3 is 0 Å². The summed E-state index contributed by atoms with van der Waals surface area (Å²) in [5.74, 6) is 3.06. The highest BCUT2D eigenvalue weighted by atomic mass is 35.5. The summed E-state index contributed by atoms with van der Waals surface area (Å²) in [5.41, 5.74) is 1.90. The third-order valence-corrected chi connectivity index (χ3v) is 6.20. The molecule has 2 heterocycles. The molecular formula is C22H20ClN5O2. The van der Waals surface area contributed by atoms with Gasteiger partial charge in [-0.25, -0.2) is 9.97 Å². The predicted molar refractivity (Wildman–Crippen MR) is 114 cm³/mol. The summed E-state index contributed by atoms with van der Waals surface area (Å²) in [4.78, 5) is 8.79. The number of piperidine rings is 2. The minimum absolute atomic E-state index is 0.205. The molecule has 7 nitrogen and oxygen atoms in total. The largest absolute Gasteiger partial charge is 0.493 e. The Kier molecular flexibility index (Phi) is 4.81. The number of benzene rings is 2. The Labute approximate surface area is 179 Å². The van der Waals surface area contributed by atoms with Gasteiger partial charge < -0.3 is 20.1 Å². The first-order valence-corrected chi connectivity index (χ1v) is 10.2. The van der Waals surface area contributed by atoms with Gasteiger partial charge in [0, 0.05) is 42.1 Å². The zero-order valence-electron chi connectivity index (χ0n) is 16.4. The van der Waals surface area contributed by atoms with Crippen LogP contribution in [-0.2, 0) is 0 Å². The van der Waals surface area contributed by atoms with Crippen molar-refractivity contribution < 1.29 is 9.47 Å². The second kappa shape index (κ2) is 7.63. The molecule has 2 aromatic carbocycles. The zero-order valence-corrected chi connectivity index (χ0v) is 17.1. The molecule has 2 bridgehead atoms. The van der Waals surface area contributed by atoms with Gasteiger partial charge in [0.15, 0.2) is 11.5 Å². The Balaban J connectivity index is 1.50. The van der Waals surface area contributed by atoms with Crippen LogP contribution in [0.15, 0.2) is 36.7 Å². The normalized spacial score (nSPS) is 22.1. The van der Waals surface area contributed by atoms with E-state index in [9.17, 15) is 0 Å². The molecule has 3 atom stereocenters. The number of nitriles is 1. The molecule has 30 heavy (non-hydrogen) atoms. The summed E-state index contributed by atoms with van der Waals surface area (Å²) in [5, 5.41) is 17.0. The first-order valence-electron chi connectivity index (χ1n) is 9.83. The van der Waals surface area contributed by atoms with E-state index in [-0.39, 0.29) is 6.10 Å². The van der Waals surface area contributed by atoms with Crippen molar-refractivity contribution in [2.45, 2.75) is 12.5 Å². The van der Waals surface area contributed by atoms with E-state index in [2.05, 4.69) is 26.7 Å². The van der Waals surface area contributed by atoms with Crippen LogP contribution in [0, 0.1) is 23.2 Å². The summed E-state index contributed by atoms with van der Waals surface area (Å²) in [6, 6.07) is 11.0. The number of halogens is 1. The lowest BCUT2D eigenvalue weighted by Crippen LogP contribution is -2.59. The highest BCUT2D eigenvalue weighted by Crippen LogP contribution is 2.43. The highest BCUT2D eigenvalue weighted by molar-refractivity contribution is 6.32. The van der Waals surface area contributed by atoms with Crippen LogP contribution in [0.2, 0.25) is 5.02 Å². The van der Waals surface area contributed by atoms with Gasteiger partial charge in [-0.2, -0.15) is 5.26 Å². The minimum atomic E-state index is 0.205. The van der Waals surface area contributed by atoms with Gasteiger partial charge in [0.2, 0.25) is 0 Å². The highest BCUT2D eigenvalue weighted by Gasteiger charge is 2.45. The molecule has 0 radical (unpaired) electrons. The Morgan fingerprint density at radius 3 is 2.70 bits per heavy atom. The average Bonchev–Trinajstić information content (AvgIpc) is 2.77. The van der Waals surface area contributed by atoms with Gasteiger partial charge in [-0.05, 0) is 30.7 Å². The molecular weight excluding hydrogens is 402 g/mol. The van der Waals surface area contributed by atoms with Gasteiger partial charge in [-0.15, -0.1) is 0 Å². The summed E-state index contributed by atoms with van der Waals surface area (Å²) in [6.45, 7) is 1.98. The number of hydrogen-bond donors (Lipinski definition) is 2. The number of nitrogens with one attached hydrogen (secondary N) is 2. The molecule has 0 amide bonds. The molecule has 152 valence electrons. The standard InChI is InChI=1S/C22H20ClN5O2/c1-29-19-7-18-16(6-20(19)30-21-13-4-14(21)10-25-9-13)22(27-11-26-18)28-15-3-2-12(8-24)17(23)5-15/h2-3,5-7,11,13-14,21,25H,4,9-10H2,1H3,(H,26,27,28)/t13-,14+,21+. The second-order valence-corrected chi connectivity index (χ2v) is 8.08. The number of aromatic nitrogens is 2. The van der Waals surface area contributed by atoms with Gasteiger partial charge in [-0.3, -0.25) is 0 Å². The maximum absolute atomic E-state index is 9.07. The topological polar surface area (TPSA) is 92.1 Å². The van der Waals surface area contributed by atoms with Gasteiger partial charge in [0.05, 0.1) is 23.2 Å². The van der Waals surface area contributed by atoms with E-state index < -0.39 is 0 Å². The predicted octanol–water partition coefficient (Wildman–Crippen LogP) is 3.89. The Hall–Kier alpha value is -3.08. The second-order valence-electron chi connectivity index (χ2n) is 7.67. The van der Waals surface area contributed by atoms with E-state index in [0.717, 1.165) is 29.7 Å². The molecule has 2 aliphatic rings. The third-order valence-electron chi connectivity index (χ3n) is 5.88. The third kappa shape index (κ3) is 3.28. The van der Waals surface area contributed by atoms with Crippen LogP contribution in [-0.4, -0.2) is 36.3 Å². The van der Waals surface area contributed by atoms with E-state index in [1.54, 1.807) is 25.3 Å². The van der Waals surface area contributed by atoms with Crippen LogP contribution in [0.3, 0.4) is 0 Å². The van der Waals surface area contributed by atoms with E-state index in [4.69, 9.17) is 26.3 Å². The molecule has 3 aromatic rings. The van der Waals surface area contributed by atoms with Crippen molar-refractivity contribution >= 4 is 34.0 Å². The molecule has 2 fully saturated rings. The van der Waals surface area contributed by atoms with E-state index in [1.807, 2.05) is 12.1 Å². The van der Waals surface area contributed by atoms with Crippen molar-refractivity contribution in [1.82, 2.24) is 15.3 Å². The fourth-order valence-corrected chi connectivity index (χ4v) is 4.50. The summed E-state index contributed by atoms with van der Waals surface area (Å²) in [6.07, 6.45) is 2.91. The van der Waals surface area contributed by atoms with Gasteiger partial charge in [-0.1, -0.05) is 11.6 Å². The fraction of sp³-hybridized carbons (Fsp3) is 0.318. The number of methoxy groups -OCH3 is 1. The SMILES string of the molecule is COc1cc2ncnc(Nc3ccc(C#N)c(Cl)c3)c2cc1O[C@@H]1[C@@H]2CNC[C@H]1C2. The monoisotopic (exact) mass is 421 g/mol. The number of rotatable bonds is 5. The molecule has 0 spiro atoms. The summed E-state index contributed by atoms with van der Waals surface area (Å²) in [7, 11) is 1.64. The fourth-order valence-electron chi connectivity index (χ4n) is 4.27. The number of ether oxygens (including phenoxy) is 2. The molecule has 1 aromatic heterocycles. The van der Waals surface area contributed by atoms with Gasteiger partial charge in [0.25, 0.3) is 0 Å². The lowest BCUT2D eigenvalue weighted by atomic mass is 9.69. The summed E-state index contributed by atoms with van der Waals surface area (Å²) < 4.78 is 12.0. The molecule has 5 rings (SSSR count). The molecule has 0 unspecified atom stereocenters. The van der Waals surface area contributed by atoms with Crippen molar-refractivity contribution in [3.8, 4) is 17.6 Å². The quantitative estimate of drug-likeness (QED) is 0.645. The van der Waals surface area contributed by atoms with Crippen molar-refractivity contribution in [3.05, 3.63) is 47.2 Å². The van der Waals surface area contributed by atoms with Crippen molar-refractivity contribution in [3.63, 3.8) is 0 Å². The molecule has 1 aliphatic carbocycles. The molecule has 1 saturated carbocycles. The van der Waals surface area contributed by atoms with Crippen molar-refractivity contribution in [2.24, 2.45) is 11.8 Å². The van der Waals surface area contributed by atoms with E-state index >= 15 is 0 Å². The van der Waals surface area contributed by atoms with E-state index in [1.165, 1.54) is 12.7 Å². The van der Waals surface area contributed by atoms with E-state index in [0.29, 0.717) is 39.7 Å². The smallest absolute Gasteiger partial charge is 0.162 e. The van der Waals surface area contributed by atoms with Crippen molar-refractivity contribution in [1.29, 1.82) is 5.26 Å². The molecule has 1 saturated heterocycles. The lowest BCUT2D eigenvalue weighted by molar-refractivity contribution is -0.0455. The Morgan fingerprint density at radius 2 is 2.00 bits per heavy atom. The van der Waals surface area contributed by atoms with Crippen LogP contribution in [0.1, 0.15) is 12.0 Å². The number of nitrogens with zero attached hydrogens (tertiary/aromatic N) is 3. The summed E-state index contributed by atoms with van der Waals surface area (Å²) >= 11 is 6.17. The average molecular weight is 422 g/mol. The van der Waals surface area contributed by atoms with Gasteiger partial charge in [0.1, 0.15) is 24.3 Å².